The van der Waals surface area contributed by atoms with E-state index in [1.807, 2.05) is 61.5 Å². The molecule has 4 heteroatoms. The molecule has 2 aromatic carbocycles. The van der Waals surface area contributed by atoms with E-state index < -0.39 is 0 Å². The maximum absolute atomic E-state index is 12.1. The molecule has 3 nitrogen and oxygen atoms in total. The first-order valence-electron chi connectivity index (χ1n) is 6.79. The molecule has 0 aliphatic heterocycles. The normalized spacial score (nSPS) is 10.2. The van der Waals surface area contributed by atoms with Crippen LogP contribution >= 0.6 is 11.6 Å². The Bertz CT molecular complexity index is 608. The van der Waals surface area contributed by atoms with Gasteiger partial charge in [-0.05, 0) is 35.4 Å². The van der Waals surface area contributed by atoms with Gasteiger partial charge in [0, 0.05) is 37.8 Å². The predicted octanol–water partition coefficient (Wildman–Crippen LogP) is 3.42. The lowest BCUT2D eigenvalue weighted by molar-refractivity contribution is 0.0951. The fraction of sp³-hybridized carbons (Fsp3) is 0.235. The SMILES string of the molecule is CN(C)c1ccc(CNC(=O)c2cccc(CCl)c2)cc1. The highest BCUT2D eigenvalue weighted by Gasteiger charge is 2.06. The number of rotatable bonds is 5. The second kappa shape index (κ2) is 7.14. The van der Waals surface area contributed by atoms with E-state index in [1.54, 1.807) is 6.07 Å². The number of amides is 1. The van der Waals surface area contributed by atoms with E-state index >= 15 is 0 Å². The fourth-order valence-electron chi connectivity index (χ4n) is 1.99. The van der Waals surface area contributed by atoms with Crippen LogP contribution in [0.4, 0.5) is 5.69 Å². The standard InChI is InChI=1S/C17H19ClN2O/c1-20(2)16-8-6-13(7-9-16)12-19-17(21)15-5-3-4-14(10-15)11-18/h3-10H,11-12H2,1-2H3,(H,19,21). The average molecular weight is 303 g/mol. The molecular formula is C17H19ClN2O. The van der Waals surface area contributed by atoms with E-state index in [0.717, 1.165) is 16.8 Å². The van der Waals surface area contributed by atoms with Crippen LogP contribution in [0.5, 0.6) is 0 Å². The Kier molecular flexibility index (Phi) is 5.23. The van der Waals surface area contributed by atoms with Crippen LogP contribution in [0.15, 0.2) is 48.5 Å². The topological polar surface area (TPSA) is 32.3 Å². The molecule has 0 aliphatic rings. The molecule has 2 aromatic rings. The van der Waals surface area contributed by atoms with Crippen molar-refractivity contribution in [3.8, 4) is 0 Å². The van der Waals surface area contributed by atoms with Gasteiger partial charge in [0.2, 0.25) is 0 Å². The van der Waals surface area contributed by atoms with Crippen LogP contribution in [0.2, 0.25) is 0 Å². The number of nitrogens with zero attached hydrogens (tertiary/aromatic N) is 1. The molecule has 1 N–H and O–H groups in total. The Morgan fingerprint density at radius 1 is 1.10 bits per heavy atom. The summed E-state index contributed by atoms with van der Waals surface area (Å²) in [6.07, 6.45) is 0. The number of carbonyl (C=O) groups excluding carboxylic acids is 1. The summed E-state index contributed by atoms with van der Waals surface area (Å²) in [4.78, 5) is 14.1. The molecule has 0 aliphatic carbocycles. The van der Waals surface area contributed by atoms with Crippen LogP contribution in [0.3, 0.4) is 0 Å². The van der Waals surface area contributed by atoms with Gasteiger partial charge in [-0.2, -0.15) is 0 Å². The molecule has 0 spiro atoms. The maximum atomic E-state index is 12.1. The summed E-state index contributed by atoms with van der Waals surface area (Å²) in [5.41, 5.74) is 3.79. The first kappa shape index (κ1) is 15.4. The van der Waals surface area contributed by atoms with E-state index in [2.05, 4.69) is 5.32 Å². The summed E-state index contributed by atoms with van der Waals surface area (Å²) in [6.45, 7) is 0.512. The third kappa shape index (κ3) is 4.23. The lowest BCUT2D eigenvalue weighted by Gasteiger charge is -2.13. The van der Waals surface area contributed by atoms with Gasteiger partial charge in [0.25, 0.3) is 5.91 Å². The van der Waals surface area contributed by atoms with Gasteiger partial charge in [0.05, 0.1) is 0 Å². The minimum atomic E-state index is -0.0846. The van der Waals surface area contributed by atoms with Crippen LogP contribution in [-0.2, 0) is 12.4 Å². The molecule has 0 bridgehead atoms. The molecule has 0 radical (unpaired) electrons. The van der Waals surface area contributed by atoms with E-state index in [9.17, 15) is 4.79 Å². The molecule has 21 heavy (non-hydrogen) atoms. The third-order valence-corrected chi connectivity index (χ3v) is 3.56. The number of halogens is 1. The van der Waals surface area contributed by atoms with Crippen molar-refractivity contribution in [1.82, 2.24) is 5.32 Å². The minimum Gasteiger partial charge on any atom is -0.378 e. The molecular weight excluding hydrogens is 284 g/mol. The molecule has 0 aromatic heterocycles. The lowest BCUT2D eigenvalue weighted by Crippen LogP contribution is -2.22. The molecule has 0 unspecified atom stereocenters. The number of hydrogen-bond acceptors (Lipinski definition) is 2. The molecule has 0 atom stereocenters. The van der Waals surface area contributed by atoms with Crippen LogP contribution in [0.25, 0.3) is 0 Å². The highest BCUT2D eigenvalue weighted by Crippen LogP contribution is 2.12. The quantitative estimate of drug-likeness (QED) is 0.858. The first-order chi connectivity index (χ1) is 10.1. The second-order valence-electron chi connectivity index (χ2n) is 5.08. The van der Waals surface area contributed by atoms with Crippen molar-refractivity contribution in [1.29, 1.82) is 0 Å². The van der Waals surface area contributed by atoms with Crippen molar-refractivity contribution < 1.29 is 4.79 Å². The summed E-state index contributed by atoms with van der Waals surface area (Å²) in [5.74, 6) is 0.325. The summed E-state index contributed by atoms with van der Waals surface area (Å²) in [5, 5.41) is 2.92. The number of anilines is 1. The van der Waals surface area contributed by atoms with Crippen molar-refractivity contribution in [2.75, 3.05) is 19.0 Å². The first-order valence-corrected chi connectivity index (χ1v) is 7.33. The van der Waals surface area contributed by atoms with Gasteiger partial charge in [-0.25, -0.2) is 0 Å². The zero-order valence-electron chi connectivity index (χ0n) is 12.3. The minimum absolute atomic E-state index is 0.0846. The molecule has 0 saturated carbocycles. The lowest BCUT2D eigenvalue weighted by atomic mass is 10.1. The monoisotopic (exact) mass is 302 g/mol. The summed E-state index contributed by atoms with van der Waals surface area (Å²) < 4.78 is 0. The van der Waals surface area contributed by atoms with Gasteiger partial charge in [-0.15, -0.1) is 11.6 Å². The molecule has 0 fully saturated rings. The van der Waals surface area contributed by atoms with Gasteiger partial charge < -0.3 is 10.2 Å². The van der Waals surface area contributed by atoms with Gasteiger partial charge in [-0.1, -0.05) is 24.3 Å². The third-order valence-electron chi connectivity index (χ3n) is 3.25. The Morgan fingerprint density at radius 2 is 1.81 bits per heavy atom. The van der Waals surface area contributed by atoms with Gasteiger partial charge >= 0.3 is 0 Å². The largest absolute Gasteiger partial charge is 0.378 e. The number of carbonyl (C=O) groups is 1. The second-order valence-corrected chi connectivity index (χ2v) is 5.34. The average Bonchev–Trinajstić information content (AvgIpc) is 2.53. The van der Waals surface area contributed by atoms with Crippen LogP contribution in [-0.4, -0.2) is 20.0 Å². The molecule has 0 saturated heterocycles. The molecule has 2 rings (SSSR count). The van der Waals surface area contributed by atoms with Crippen LogP contribution in [0, 0.1) is 0 Å². The zero-order chi connectivity index (χ0) is 15.2. The molecule has 1 amide bonds. The Morgan fingerprint density at radius 3 is 2.43 bits per heavy atom. The van der Waals surface area contributed by atoms with Crippen molar-refractivity contribution in [2.45, 2.75) is 12.4 Å². The summed E-state index contributed by atoms with van der Waals surface area (Å²) in [6, 6.07) is 15.5. The molecule has 110 valence electrons. The number of alkyl halides is 1. The van der Waals surface area contributed by atoms with Crippen LogP contribution < -0.4 is 10.2 Å². The molecule has 0 heterocycles. The van der Waals surface area contributed by atoms with E-state index in [1.165, 1.54) is 0 Å². The van der Waals surface area contributed by atoms with Crippen molar-refractivity contribution in [3.05, 3.63) is 65.2 Å². The fourth-order valence-corrected chi connectivity index (χ4v) is 2.16. The maximum Gasteiger partial charge on any atom is 0.251 e. The smallest absolute Gasteiger partial charge is 0.251 e. The summed E-state index contributed by atoms with van der Waals surface area (Å²) >= 11 is 5.78. The Balaban J connectivity index is 1.97. The summed E-state index contributed by atoms with van der Waals surface area (Å²) in [7, 11) is 4.00. The van der Waals surface area contributed by atoms with E-state index in [0.29, 0.717) is 18.0 Å². The van der Waals surface area contributed by atoms with Crippen molar-refractivity contribution >= 4 is 23.2 Å². The van der Waals surface area contributed by atoms with Crippen molar-refractivity contribution in [2.24, 2.45) is 0 Å². The van der Waals surface area contributed by atoms with Crippen molar-refractivity contribution in [3.63, 3.8) is 0 Å². The Labute approximate surface area is 130 Å². The van der Waals surface area contributed by atoms with E-state index in [-0.39, 0.29) is 5.91 Å². The Hall–Kier alpha value is -2.00. The van der Waals surface area contributed by atoms with Gasteiger partial charge in [-0.3, -0.25) is 4.79 Å². The number of benzene rings is 2. The van der Waals surface area contributed by atoms with Crippen LogP contribution in [0.1, 0.15) is 21.5 Å². The highest BCUT2D eigenvalue weighted by molar-refractivity contribution is 6.17. The van der Waals surface area contributed by atoms with E-state index in [4.69, 9.17) is 11.6 Å². The zero-order valence-corrected chi connectivity index (χ0v) is 13.0. The van der Waals surface area contributed by atoms with Gasteiger partial charge in [0.1, 0.15) is 0 Å². The number of nitrogens with one attached hydrogen (secondary N) is 1. The van der Waals surface area contributed by atoms with Gasteiger partial charge in [0.15, 0.2) is 0 Å². The number of hydrogen-bond donors (Lipinski definition) is 1. The highest BCUT2D eigenvalue weighted by atomic mass is 35.5. The predicted molar refractivity (Wildman–Crippen MR) is 87.9 cm³/mol.